The molecule has 0 saturated heterocycles. The molecule has 6 heteroatoms. The number of benzene rings is 1. The van der Waals surface area contributed by atoms with Gasteiger partial charge >= 0.3 is 6.61 Å². The molecule has 0 atom stereocenters. The van der Waals surface area contributed by atoms with Gasteiger partial charge in [0.2, 0.25) is 5.91 Å². The van der Waals surface area contributed by atoms with Gasteiger partial charge < -0.3 is 10.1 Å². The molecule has 0 aliphatic heterocycles. The molecule has 3 nitrogen and oxygen atoms in total. The number of amides is 1. The van der Waals surface area contributed by atoms with Crippen molar-refractivity contribution in [1.82, 2.24) is 0 Å². The average Bonchev–Trinajstić information content (AvgIpc) is 2.33. The second-order valence-electron chi connectivity index (χ2n) is 3.82. The van der Waals surface area contributed by atoms with Gasteiger partial charge in [-0.15, -0.1) is 0 Å². The van der Waals surface area contributed by atoms with Crippen LogP contribution in [-0.2, 0) is 4.79 Å². The number of ether oxygens (including phenoxy) is 1. The van der Waals surface area contributed by atoms with Crippen molar-refractivity contribution in [2.75, 3.05) is 16.8 Å². The van der Waals surface area contributed by atoms with Crippen LogP contribution in [0.15, 0.2) is 18.2 Å². The molecule has 0 aliphatic rings. The lowest BCUT2D eigenvalue weighted by Gasteiger charge is -2.14. The van der Waals surface area contributed by atoms with Crippen molar-refractivity contribution in [1.29, 1.82) is 0 Å². The molecule has 0 radical (unpaired) electrons. The minimum absolute atomic E-state index is 0.00788. The van der Waals surface area contributed by atoms with Gasteiger partial charge in [0.1, 0.15) is 5.75 Å². The van der Waals surface area contributed by atoms with Crippen molar-refractivity contribution in [3.8, 4) is 5.75 Å². The van der Waals surface area contributed by atoms with Crippen LogP contribution in [0.3, 0.4) is 0 Å². The summed E-state index contributed by atoms with van der Waals surface area (Å²) >= 11 is 1.65. The minimum atomic E-state index is -2.91. The molecule has 0 spiro atoms. The normalized spacial score (nSPS) is 10.6. The van der Waals surface area contributed by atoms with Gasteiger partial charge in [0.05, 0.1) is 5.69 Å². The number of nitrogens with one attached hydrogen (secondary N) is 1. The van der Waals surface area contributed by atoms with Crippen LogP contribution in [0.4, 0.5) is 14.5 Å². The maximum atomic E-state index is 12.3. The van der Waals surface area contributed by atoms with E-state index in [1.165, 1.54) is 6.07 Å². The first kappa shape index (κ1) is 15.8. The first-order valence-electron chi connectivity index (χ1n) is 5.96. The van der Waals surface area contributed by atoms with Crippen LogP contribution >= 0.6 is 11.8 Å². The predicted octanol–water partition coefficient (Wildman–Crippen LogP) is 3.68. The minimum Gasteiger partial charge on any atom is -0.433 e. The van der Waals surface area contributed by atoms with E-state index in [4.69, 9.17) is 0 Å². The summed E-state index contributed by atoms with van der Waals surface area (Å²) in [6.45, 7) is 0.834. The molecule has 1 N–H and O–H groups in total. The van der Waals surface area contributed by atoms with Crippen molar-refractivity contribution in [2.45, 2.75) is 26.9 Å². The number of halogens is 2. The number of hydrogen-bond acceptors (Lipinski definition) is 3. The fourth-order valence-corrected chi connectivity index (χ4v) is 2.12. The Bertz CT molecular complexity index is 427. The van der Waals surface area contributed by atoms with Gasteiger partial charge in [0, 0.05) is 12.2 Å². The molecule has 0 aromatic heterocycles. The fraction of sp³-hybridized carbons (Fsp3) is 0.462. The highest BCUT2D eigenvalue weighted by Gasteiger charge is 2.13. The number of para-hydroxylation sites is 1. The van der Waals surface area contributed by atoms with Gasteiger partial charge in [-0.05, 0) is 24.3 Å². The van der Waals surface area contributed by atoms with Crippen molar-refractivity contribution in [3.05, 3.63) is 23.8 Å². The lowest BCUT2D eigenvalue weighted by atomic mass is 10.2. The fourth-order valence-electron chi connectivity index (χ4n) is 1.51. The lowest BCUT2D eigenvalue weighted by molar-refractivity contribution is -0.115. The second-order valence-corrected chi connectivity index (χ2v) is 5.22. The van der Waals surface area contributed by atoms with Crippen LogP contribution in [0.5, 0.6) is 5.75 Å². The average molecular weight is 289 g/mol. The van der Waals surface area contributed by atoms with Crippen molar-refractivity contribution < 1.29 is 18.3 Å². The molecule has 106 valence electrons. The summed E-state index contributed by atoms with van der Waals surface area (Å²) in [6.07, 6.45) is 0.348. The SMILES string of the molecule is CCSCCC(=O)Nc1c(C)cccc1OC(F)F. The van der Waals surface area contributed by atoms with Gasteiger partial charge in [0.25, 0.3) is 0 Å². The zero-order chi connectivity index (χ0) is 14.3. The largest absolute Gasteiger partial charge is 0.433 e. The van der Waals surface area contributed by atoms with Crippen LogP contribution in [-0.4, -0.2) is 24.0 Å². The summed E-state index contributed by atoms with van der Waals surface area (Å²) in [7, 11) is 0. The van der Waals surface area contributed by atoms with E-state index in [0.717, 1.165) is 5.75 Å². The summed E-state index contributed by atoms with van der Waals surface area (Å²) in [5.74, 6) is 1.44. The van der Waals surface area contributed by atoms with Gasteiger partial charge in [-0.3, -0.25) is 4.79 Å². The van der Waals surface area contributed by atoms with Crippen molar-refractivity contribution in [2.24, 2.45) is 0 Å². The summed E-state index contributed by atoms with van der Waals surface area (Å²) in [6, 6.07) is 4.75. The Morgan fingerprint density at radius 3 is 2.84 bits per heavy atom. The standard InChI is InChI=1S/C13H17F2NO2S/c1-3-19-8-7-11(17)16-12-9(2)5-4-6-10(12)18-13(14)15/h4-6,13H,3,7-8H2,1-2H3,(H,16,17). The number of aryl methyl sites for hydroxylation is 1. The second kappa shape index (κ2) is 7.99. The first-order chi connectivity index (χ1) is 9.04. The maximum absolute atomic E-state index is 12.3. The Morgan fingerprint density at radius 1 is 1.47 bits per heavy atom. The predicted molar refractivity (Wildman–Crippen MR) is 74.1 cm³/mol. The van der Waals surface area contributed by atoms with Crippen LogP contribution in [0, 0.1) is 6.92 Å². The van der Waals surface area contributed by atoms with Gasteiger partial charge in [0.15, 0.2) is 0 Å². The third-order valence-electron chi connectivity index (χ3n) is 2.39. The van der Waals surface area contributed by atoms with Gasteiger partial charge in [-0.1, -0.05) is 19.1 Å². The zero-order valence-corrected chi connectivity index (χ0v) is 11.7. The highest BCUT2D eigenvalue weighted by Crippen LogP contribution is 2.29. The van der Waals surface area contributed by atoms with E-state index in [0.29, 0.717) is 23.4 Å². The number of carbonyl (C=O) groups excluding carboxylic acids is 1. The van der Waals surface area contributed by atoms with E-state index in [2.05, 4.69) is 10.1 Å². The summed E-state index contributed by atoms with van der Waals surface area (Å²) in [5, 5.41) is 2.63. The van der Waals surface area contributed by atoms with E-state index in [1.807, 2.05) is 6.92 Å². The molecule has 0 bridgehead atoms. The van der Waals surface area contributed by atoms with Crippen molar-refractivity contribution in [3.63, 3.8) is 0 Å². The third kappa shape index (κ3) is 5.46. The molecule has 19 heavy (non-hydrogen) atoms. The number of thioether (sulfide) groups is 1. The zero-order valence-electron chi connectivity index (χ0n) is 10.9. The molecule has 0 aliphatic carbocycles. The highest BCUT2D eigenvalue weighted by atomic mass is 32.2. The Kier molecular flexibility index (Phi) is 6.62. The molecule has 0 saturated carbocycles. The van der Waals surface area contributed by atoms with E-state index in [9.17, 15) is 13.6 Å². The summed E-state index contributed by atoms with van der Waals surface area (Å²) in [5.41, 5.74) is 1.00. The van der Waals surface area contributed by atoms with Gasteiger partial charge in [-0.25, -0.2) is 0 Å². The number of carbonyl (C=O) groups is 1. The number of hydrogen-bond donors (Lipinski definition) is 1. The van der Waals surface area contributed by atoms with Crippen LogP contribution in [0.25, 0.3) is 0 Å². The molecular weight excluding hydrogens is 272 g/mol. The van der Waals surface area contributed by atoms with Crippen LogP contribution < -0.4 is 10.1 Å². The Morgan fingerprint density at radius 2 is 2.21 bits per heavy atom. The summed E-state index contributed by atoms with van der Waals surface area (Å²) in [4.78, 5) is 11.7. The smallest absolute Gasteiger partial charge is 0.387 e. The molecular formula is C13H17F2NO2S. The quantitative estimate of drug-likeness (QED) is 0.778. The molecule has 0 unspecified atom stereocenters. The Hall–Kier alpha value is -1.30. The molecule has 1 aromatic carbocycles. The molecule has 0 heterocycles. The van der Waals surface area contributed by atoms with Crippen LogP contribution in [0.2, 0.25) is 0 Å². The molecule has 1 aromatic rings. The van der Waals surface area contributed by atoms with Gasteiger partial charge in [-0.2, -0.15) is 20.5 Å². The van der Waals surface area contributed by atoms with E-state index in [-0.39, 0.29) is 11.7 Å². The molecule has 1 rings (SSSR count). The Labute approximate surface area is 115 Å². The van der Waals surface area contributed by atoms with E-state index >= 15 is 0 Å². The maximum Gasteiger partial charge on any atom is 0.387 e. The van der Waals surface area contributed by atoms with Crippen LogP contribution in [0.1, 0.15) is 18.9 Å². The third-order valence-corrected chi connectivity index (χ3v) is 3.29. The monoisotopic (exact) mass is 289 g/mol. The summed E-state index contributed by atoms with van der Waals surface area (Å²) < 4.78 is 29.0. The Balaban J connectivity index is 2.72. The van der Waals surface area contributed by atoms with E-state index in [1.54, 1.807) is 30.8 Å². The number of anilines is 1. The first-order valence-corrected chi connectivity index (χ1v) is 7.12. The molecule has 1 amide bonds. The molecule has 0 fully saturated rings. The van der Waals surface area contributed by atoms with Crippen molar-refractivity contribution >= 4 is 23.4 Å². The van der Waals surface area contributed by atoms with E-state index < -0.39 is 6.61 Å². The number of rotatable bonds is 7. The lowest BCUT2D eigenvalue weighted by Crippen LogP contribution is -2.15. The number of alkyl halides is 2. The highest BCUT2D eigenvalue weighted by molar-refractivity contribution is 7.99. The topological polar surface area (TPSA) is 38.3 Å².